The van der Waals surface area contributed by atoms with Crippen molar-refractivity contribution in [3.63, 3.8) is 0 Å². The third kappa shape index (κ3) is 4.05. The Morgan fingerprint density at radius 2 is 1.90 bits per heavy atom. The molecule has 0 N–H and O–H groups in total. The molecule has 3 aromatic rings. The van der Waals surface area contributed by atoms with E-state index in [1.54, 1.807) is 0 Å². The minimum absolute atomic E-state index is 0.0232. The largest absolute Gasteiger partial charge is 0.461 e. The number of likely N-dealkylation sites (tertiary alicyclic amines) is 1. The maximum atomic E-state index is 12.4. The van der Waals surface area contributed by atoms with E-state index >= 15 is 0 Å². The van der Waals surface area contributed by atoms with Crippen LogP contribution in [0.5, 0.6) is 6.01 Å². The first kappa shape index (κ1) is 25.2. The molecule has 8 heteroatoms. The molecule has 4 fully saturated rings. The van der Waals surface area contributed by atoms with Gasteiger partial charge in [0.2, 0.25) is 5.91 Å². The third-order valence-corrected chi connectivity index (χ3v) is 10.5. The Labute approximate surface area is 241 Å². The molecule has 6 heterocycles. The molecule has 4 aliphatic heterocycles. The summed E-state index contributed by atoms with van der Waals surface area (Å²) in [5, 5.41) is 1.03. The SMILES string of the molecule is C=CC(=O)N1CC[C@@H]2[C@H]1CN2c1nc(OCC23CCCN2CCC3)nc2cc(-c3cncc4c3CCCC4)ccc12. The highest BCUT2D eigenvalue weighted by atomic mass is 16.5. The minimum atomic E-state index is 0.0232. The van der Waals surface area contributed by atoms with Gasteiger partial charge in [-0.3, -0.25) is 14.7 Å². The van der Waals surface area contributed by atoms with Crippen molar-refractivity contribution in [2.75, 3.05) is 37.7 Å². The third-order valence-electron chi connectivity index (χ3n) is 10.5. The monoisotopic (exact) mass is 550 g/mol. The normalized spacial score (nSPS) is 24.6. The van der Waals surface area contributed by atoms with Gasteiger partial charge in [0.05, 0.1) is 23.1 Å². The summed E-state index contributed by atoms with van der Waals surface area (Å²) >= 11 is 0. The van der Waals surface area contributed by atoms with Gasteiger partial charge in [-0.15, -0.1) is 0 Å². The van der Waals surface area contributed by atoms with E-state index in [2.05, 4.69) is 39.6 Å². The number of rotatable bonds is 6. The molecule has 1 amide bonds. The van der Waals surface area contributed by atoms with E-state index in [0.717, 1.165) is 54.6 Å². The highest BCUT2D eigenvalue weighted by molar-refractivity contribution is 5.94. The van der Waals surface area contributed by atoms with Gasteiger partial charge in [-0.25, -0.2) is 0 Å². The Morgan fingerprint density at radius 3 is 2.76 bits per heavy atom. The van der Waals surface area contributed by atoms with Crippen LogP contribution >= 0.6 is 0 Å². The van der Waals surface area contributed by atoms with Gasteiger partial charge in [0.1, 0.15) is 12.4 Å². The number of carbonyl (C=O) groups is 1. The second kappa shape index (κ2) is 9.79. The summed E-state index contributed by atoms with van der Waals surface area (Å²) in [5.74, 6) is 0.946. The van der Waals surface area contributed by atoms with Gasteiger partial charge in [-0.2, -0.15) is 9.97 Å². The van der Waals surface area contributed by atoms with Crippen LogP contribution in [0.1, 0.15) is 56.1 Å². The molecule has 0 bridgehead atoms. The molecule has 1 aromatic carbocycles. The second-order valence-corrected chi connectivity index (χ2v) is 12.6. The highest BCUT2D eigenvalue weighted by Crippen LogP contribution is 2.42. The van der Waals surface area contributed by atoms with Gasteiger partial charge < -0.3 is 14.5 Å². The highest BCUT2D eigenvalue weighted by Gasteiger charge is 2.49. The standard InChI is InChI=1S/C33H38N6O2/c1-2-30(40)38-16-11-28-29(38)20-39(28)31-25-10-9-22(26-19-34-18-23-7-3-4-8-24(23)26)17-27(25)35-32(36-31)41-21-33-12-5-14-37(33)15-6-13-33/h2,9-10,17-19,28-29H,1,3-8,11-16,20-21H2/t28-,29-/m1/s1. The second-order valence-electron chi connectivity index (χ2n) is 12.6. The number of amides is 1. The smallest absolute Gasteiger partial charge is 0.319 e. The van der Waals surface area contributed by atoms with E-state index in [4.69, 9.17) is 14.7 Å². The lowest BCUT2D eigenvalue weighted by Crippen LogP contribution is -2.63. The van der Waals surface area contributed by atoms with Crippen LogP contribution in [0.2, 0.25) is 0 Å². The van der Waals surface area contributed by atoms with Crippen LogP contribution in [-0.4, -0.2) is 81.1 Å². The number of carbonyl (C=O) groups excluding carboxylic acids is 1. The maximum Gasteiger partial charge on any atom is 0.319 e. The van der Waals surface area contributed by atoms with Crippen LogP contribution in [0.4, 0.5) is 5.82 Å². The first-order chi connectivity index (χ1) is 20.1. The molecule has 0 radical (unpaired) electrons. The number of anilines is 1. The van der Waals surface area contributed by atoms with Gasteiger partial charge in [0.15, 0.2) is 0 Å². The quantitative estimate of drug-likeness (QED) is 0.417. The van der Waals surface area contributed by atoms with Crippen molar-refractivity contribution >= 4 is 22.6 Å². The Balaban J connectivity index is 1.17. The fraction of sp³-hybridized carbons (Fsp3) is 0.515. The number of nitrogens with zero attached hydrogens (tertiary/aromatic N) is 6. The van der Waals surface area contributed by atoms with Gasteiger partial charge in [0, 0.05) is 36.4 Å². The molecule has 8 rings (SSSR count). The number of hydrogen-bond acceptors (Lipinski definition) is 7. The minimum Gasteiger partial charge on any atom is -0.461 e. The molecule has 8 nitrogen and oxygen atoms in total. The van der Waals surface area contributed by atoms with E-state index < -0.39 is 0 Å². The van der Waals surface area contributed by atoms with E-state index in [1.807, 2.05) is 17.3 Å². The molecular formula is C33H38N6O2. The fourth-order valence-electron chi connectivity index (χ4n) is 8.36. The lowest BCUT2D eigenvalue weighted by atomic mass is 9.87. The zero-order valence-electron chi connectivity index (χ0n) is 23.7. The van der Waals surface area contributed by atoms with E-state index in [9.17, 15) is 4.79 Å². The first-order valence-electron chi connectivity index (χ1n) is 15.5. The summed E-state index contributed by atoms with van der Waals surface area (Å²) in [7, 11) is 0. The van der Waals surface area contributed by atoms with Crippen molar-refractivity contribution in [3.05, 3.63) is 54.4 Å². The Bertz CT molecular complexity index is 1530. The zero-order chi connectivity index (χ0) is 27.6. The Kier molecular flexibility index (Phi) is 6.02. The molecule has 0 unspecified atom stereocenters. The Morgan fingerprint density at radius 1 is 1.05 bits per heavy atom. The number of aryl methyl sites for hydroxylation is 1. The van der Waals surface area contributed by atoms with Crippen LogP contribution in [0, 0.1) is 0 Å². The molecule has 2 aromatic heterocycles. The summed E-state index contributed by atoms with van der Waals surface area (Å²) in [6, 6.07) is 7.51. The number of ether oxygens (including phenoxy) is 1. The molecule has 4 saturated heterocycles. The molecular weight excluding hydrogens is 512 g/mol. The molecule has 5 aliphatic rings. The summed E-state index contributed by atoms with van der Waals surface area (Å²) in [4.78, 5) is 34.0. The van der Waals surface area contributed by atoms with Crippen LogP contribution in [-0.2, 0) is 17.6 Å². The van der Waals surface area contributed by atoms with Crippen LogP contribution in [0.3, 0.4) is 0 Å². The molecule has 2 atom stereocenters. The van der Waals surface area contributed by atoms with Gasteiger partial charge in [-0.05, 0) is 106 Å². The summed E-state index contributed by atoms with van der Waals surface area (Å²) in [6.45, 7) is 8.21. The fourth-order valence-corrected chi connectivity index (χ4v) is 8.36. The van der Waals surface area contributed by atoms with Gasteiger partial charge >= 0.3 is 6.01 Å². The van der Waals surface area contributed by atoms with Crippen LogP contribution < -0.4 is 9.64 Å². The average molecular weight is 551 g/mol. The summed E-state index contributed by atoms with van der Waals surface area (Å²) in [5.41, 5.74) is 6.22. The molecule has 0 spiro atoms. The number of hydrogen-bond donors (Lipinski definition) is 0. The van der Waals surface area contributed by atoms with Crippen molar-refractivity contribution in [1.82, 2.24) is 24.8 Å². The Hall–Kier alpha value is -3.52. The zero-order valence-corrected chi connectivity index (χ0v) is 23.7. The lowest BCUT2D eigenvalue weighted by Gasteiger charge is -2.47. The lowest BCUT2D eigenvalue weighted by molar-refractivity contribution is -0.127. The van der Waals surface area contributed by atoms with Gasteiger partial charge in [0.25, 0.3) is 0 Å². The number of benzene rings is 1. The molecule has 212 valence electrons. The predicted molar refractivity (Wildman–Crippen MR) is 159 cm³/mol. The summed E-state index contributed by atoms with van der Waals surface area (Å²) < 4.78 is 6.51. The predicted octanol–water partition coefficient (Wildman–Crippen LogP) is 4.55. The first-order valence-corrected chi connectivity index (χ1v) is 15.5. The van der Waals surface area contributed by atoms with E-state index in [0.29, 0.717) is 12.6 Å². The molecule has 0 saturated carbocycles. The van der Waals surface area contributed by atoms with Crippen molar-refractivity contribution < 1.29 is 9.53 Å². The van der Waals surface area contributed by atoms with Crippen molar-refractivity contribution in [2.24, 2.45) is 0 Å². The van der Waals surface area contributed by atoms with Crippen LogP contribution in [0.25, 0.3) is 22.0 Å². The molecule has 1 aliphatic carbocycles. The van der Waals surface area contributed by atoms with E-state index in [-0.39, 0.29) is 23.5 Å². The van der Waals surface area contributed by atoms with Gasteiger partial charge in [-0.1, -0.05) is 12.6 Å². The van der Waals surface area contributed by atoms with E-state index in [1.165, 1.54) is 74.4 Å². The maximum absolute atomic E-state index is 12.4. The number of fused-ring (bicyclic) bond motifs is 4. The molecule has 41 heavy (non-hydrogen) atoms. The average Bonchev–Trinajstić information content (AvgIpc) is 3.67. The van der Waals surface area contributed by atoms with Crippen molar-refractivity contribution in [1.29, 1.82) is 0 Å². The van der Waals surface area contributed by atoms with Crippen LogP contribution in [0.15, 0.2) is 43.2 Å². The number of pyridine rings is 1. The summed E-state index contributed by atoms with van der Waals surface area (Å²) in [6.07, 6.45) is 16.0. The van der Waals surface area contributed by atoms with Crippen molar-refractivity contribution in [3.8, 4) is 17.1 Å². The van der Waals surface area contributed by atoms with Crippen molar-refractivity contribution in [2.45, 2.75) is 75.4 Å². The topological polar surface area (TPSA) is 74.7 Å². The number of aromatic nitrogens is 3.